The zero-order valence-corrected chi connectivity index (χ0v) is 15.2. The maximum atomic E-state index is 12.0. The fourth-order valence-corrected chi connectivity index (χ4v) is 3.77. The van der Waals surface area contributed by atoms with Crippen molar-refractivity contribution >= 4 is 22.6 Å². The van der Waals surface area contributed by atoms with Crippen molar-refractivity contribution in [3.05, 3.63) is 65.9 Å². The third-order valence-electron chi connectivity index (χ3n) is 5.11. The number of hydrogen-bond acceptors (Lipinski definition) is 3. The van der Waals surface area contributed by atoms with E-state index in [-0.39, 0.29) is 17.9 Å². The van der Waals surface area contributed by atoms with Crippen LogP contribution in [0.15, 0.2) is 59.0 Å². The van der Waals surface area contributed by atoms with Gasteiger partial charge in [0.15, 0.2) is 0 Å². The van der Waals surface area contributed by atoms with Gasteiger partial charge in [0.2, 0.25) is 5.91 Å². The molecule has 4 rings (SSSR count). The molecule has 0 spiro atoms. The first-order valence-corrected chi connectivity index (χ1v) is 9.22. The van der Waals surface area contributed by atoms with Crippen LogP contribution in [-0.2, 0) is 4.79 Å². The lowest BCUT2D eigenvalue weighted by Crippen LogP contribution is -2.33. The standard InChI is InChI=1S/C22H24N2O2/c1-14(2)22(20-11-15-7-3-6-10-19(15)26-20)23-13-16-12-21(25)24-18-9-5-4-8-17(16)18/h3-11,14,16,22-23H,12-13H2,1-2H3,(H,24,25)/t16-,22+/m1/s1. The topological polar surface area (TPSA) is 54.3 Å². The van der Waals surface area contributed by atoms with Crippen LogP contribution in [0.4, 0.5) is 5.69 Å². The first-order valence-electron chi connectivity index (χ1n) is 9.22. The molecular weight excluding hydrogens is 324 g/mol. The highest BCUT2D eigenvalue weighted by molar-refractivity contribution is 5.94. The lowest BCUT2D eigenvalue weighted by Gasteiger charge is -2.28. The minimum atomic E-state index is 0.0836. The van der Waals surface area contributed by atoms with Crippen LogP contribution in [0.5, 0.6) is 0 Å². The summed E-state index contributed by atoms with van der Waals surface area (Å²) < 4.78 is 6.08. The zero-order chi connectivity index (χ0) is 18.1. The van der Waals surface area contributed by atoms with Crippen molar-refractivity contribution in [1.29, 1.82) is 0 Å². The van der Waals surface area contributed by atoms with E-state index in [1.807, 2.05) is 36.4 Å². The molecule has 26 heavy (non-hydrogen) atoms. The van der Waals surface area contributed by atoms with E-state index in [0.717, 1.165) is 29.0 Å². The Bertz CT molecular complexity index is 896. The summed E-state index contributed by atoms with van der Waals surface area (Å²) in [6, 6.07) is 18.4. The molecule has 2 heterocycles. The molecule has 0 radical (unpaired) electrons. The van der Waals surface area contributed by atoms with Crippen molar-refractivity contribution in [2.75, 3.05) is 11.9 Å². The number of benzene rings is 2. The Morgan fingerprint density at radius 1 is 1.15 bits per heavy atom. The van der Waals surface area contributed by atoms with E-state index < -0.39 is 0 Å². The van der Waals surface area contributed by atoms with Gasteiger partial charge in [-0.1, -0.05) is 50.2 Å². The van der Waals surface area contributed by atoms with Crippen LogP contribution in [0.1, 0.15) is 43.6 Å². The highest BCUT2D eigenvalue weighted by Crippen LogP contribution is 2.33. The molecule has 2 aromatic carbocycles. The van der Waals surface area contributed by atoms with Crippen LogP contribution in [0, 0.1) is 5.92 Å². The molecule has 1 aliphatic heterocycles. The lowest BCUT2D eigenvalue weighted by atomic mass is 9.89. The molecule has 1 aliphatic rings. The second-order valence-electron chi connectivity index (χ2n) is 7.35. The number of anilines is 1. The molecule has 4 heteroatoms. The van der Waals surface area contributed by atoms with Gasteiger partial charge in [-0.05, 0) is 29.7 Å². The molecule has 4 nitrogen and oxygen atoms in total. The molecule has 0 fully saturated rings. The molecule has 0 unspecified atom stereocenters. The number of rotatable bonds is 5. The molecule has 0 saturated carbocycles. The summed E-state index contributed by atoms with van der Waals surface area (Å²) in [7, 11) is 0. The minimum absolute atomic E-state index is 0.0836. The van der Waals surface area contributed by atoms with Gasteiger partial charge in [-0.25, -0.2) is 0 Å². The molecule has 0 bridgehead atoms. The van der Waals surface area contributed by atoms with Gasteiger partial charge in [0.25, 0.3) is 0 Å². The van der Waals surface area contributed by atoms with E-state index in [1.54, 1.807) is 0 Å². The number of hydrogen-bond donors (Lipinski definition) is 2. The molecule has 0 saturated heterocycles. The molecule has 2 atom stereocenters. The molecule has 0 aliphatic carbocycles. The van der Waals surface area contributed by atoms with E-state index >= 15 is 0 Å². The second kappa shape index (κ2) is 6.96. The van der Waals surface area contributed by atoms with E-state index in [1.165, 1.54) is 5.56 Å². The van der Waals surface area contributed by atoms with Crippen molar-refractivity contribution < 1.29 is 9.21 Å². The summed E-state index contributed by atoms with van der Waals surface area (Å²) in [5, 5.41) is 7.74. The van der Waals surface area contributed by atoms with Gasteiger partial charge < -0.3 is 15.1 Å². The summed E-state index contributed by atoms with van der Waals surface area (Å²) in [6.45, 7) is 5.11. The Hall–Kier alpha value is -2.59. The monoisotopic (exact) mass is 348 g/mol. The highest BCUT2D eigenvalue weighted by atomic mass is 16.3. The summed E-state index contributed by atoms with van der Waals surface area (Å²) >= 11 is 0. The number of carbonyl (C=O) groups excluding carboxylic acids is 1. The van der Waals surface area contributed by atoms with Crippen molar-refractivity contribution in [2.45, 2.75) is 32.2 Å². The maximum Gasteiger partial charge on any atom is 0.225 e. The number of para-hydroxylation sites is 2. The SMILES string of the molecule is CC(C)[C@H](NC[C@H]1CC(=O)Nc2ccccc21)c1cc2ccccc2o1. The normalized spacial score (nSPS) is 18.0. The molecule has 1 amide bonds. The average molecular weight is 348 g/mol. The minimum Gasteiger partial charge on any atom is -0.459 e. The van der Waals surface area contributed by atoms with Crippen molar-refractivity contribution in [3.8, 4) is 0 Å². The number of amides is 1. The van der Waals surface area contributed by atoms with Crippen LogP contribution < -0.4 is 10.6 Å². The largest absolute Gasteiger partial charge is 0.459 e. The molecule has 2 N–H and O–H groups in total. The molecule has 134 valence electrons. The van der Waals surface area contributed by atoms with Crippen LogP contribution >= 0.6 is 0 Å². The van der Waals surface area contributed by atoms with Gasteiger partial charge in [-0.3, -0.25) is 4.79 Å². The third kappa shape index (κ3) is 3.25. The van der Waals surface area contributed by atoms with E-state index in [9.17, 15) is 4.79 Å². The third-order valence-corrected chi connectivity index (χ3v) is 5.11. The fourth-order valence-electron chi connectivity index (χ4n) is 3.77. The lowest BCUT2D eigenvalue weighted by molar-refractivity contribution is -0.116. The highest BCUT2D eigenvalue weighted by Gasteiger charge is 2.27. The van der Waals surface area contributed by atoms with Gasteiger partial charge in [0, 0.05) is 30.0 Å². The Balaban J connectivity index is 1.55. The summed E-state index contributed by atoms with van der Waals surface area (Å²) in [5.74, 6) is 1.59. The van der Waals surface area contributed by atoms with Gasteiger partial charge in [-0.15, -0.1) is 0 Å². The maximum absolute atomic E-state index is 12.0. The predicted molar refractivity (Wildman–Crippen MR) is 104 cm³/mol. The Morgan fingerprint density at radius 2 is 1.92 bits per heavy atom. The number of furan rings is 1. The van der Waals surface area contributed by atoms with Crippen molar-refractivity contribution in [2.24, 2.45) is 5.92 Å². The quantitative estimate of drug-likeness (QED) is 0.693. The van der Waals surface area contributed by atoms with E-state index in [4.69, 9.17) is 4.42 Å². The predicted octanol–water partition coefficient (Wildman–Crippen LogP) is 4.85. The van der Waals surface area contributed by atoms with Crippen LogP contribution in [0.2, 0.25) is 0 Å². The van der Waals surface area contributed by atoms with E-state index in [2.05, 4.69) is 42.7 Å². The second-order valence-corrected chi connectivity index (χ2v) is 7.35. The van der Waals surface area contributed by atoms with Crippen molar-refractivity contribution in [1.82, 2.24) is 5.32 Å². The number of carbonyl (C=O) groups is 1. The van der Waals surface area contributed by atoms with Crippen molar-refractivity contribution in [3.63, 3.8) is 0 Å². The Morgan fingerprint density at radius 3 is 2.73 bits per heavy atom. The first kappa shape index (κ1) is 16.9. The molecular formula is C22H24N2O2. The fraction of sp³-hybridized carbons (Fsp3) is 0.318. The summed E-state index contributed by atoms with van der Waals surface area (Å²) in [4.78, 5) is 12.0. The smallest absolute Gasteiger partial charge is 0.225 e. The van der Waals surface area contributed by atoms with E-state index in [0.29, 0.717) is 12.3 Å². The van der Waals surface area contributed by atoms with Gasteiger partial charge >= 0.3 is 0 Å². The number of nitrogens with one attached hydrogen (secondary N) is 2. The molecule has 3 aromatic rings. The molecule has 1 aromatic heterocycles. The van der Waals surface area contributed by atoms with Gasteiger partial charge in [0.05, 0.1) is 6.04 Å². The number of fused-ring (bicyclic) bond motifs is 2. The summed E-state index contributed by atoms with van der Waals surface area (Å²) in [6.07, 6.45) is 0.509. The van der Waals surface area contributed by atoms with Crippen LogP contribution in [0.3, 0.4) is 0 Å². The zero-order valence-electron chi connectivity index (χ0n) is 15.2. The van der Waals surface area contributed by atoms with Gasteiger partial charge in [0.1, 0.15) is 11.3 Å². The summed E-state index contributed by atoms with van der Waals surface area (Å²) in [5.41, 5.74) is 3.05. The van der Waals surface area contributed by atoms with Gasteiger partial charge in [-0.2, -0.15) is 0 Å². The van der Waals surface area contributed by atoms with Crippen LogP contribution in [-0.4, -0.2) is 12.5 Å². The first-order chi connectivity index (χ1) is 12.6. The Labute approximate surface area is 153 Å². The Kier molecular flexibility index (Phi) is 4.51. The average Bonchev–Trinajstić information content (AvgIpc) is 3.05. The van der Waals surface area contributed by atoms with Crippen LogP contribution in [0.25, 0.3) is 11.0 Å².